The van der Waals surface area contributed by atoms with Crippen molar-refractivity contribution in [3.05, 3.63) is 28.2 Å². The fourth-order valence-corrected chi connectivity index (χ4v) is 1.87. The Morgan fingerprint density at radius 2 is 2.07 bits per heavy atom. The van der Waals surface area contributed by atoms with Gasteiger partial charge in [0.2, 0.25) is 0 Å². The Labute approximate surface area is 101 Å². The highest BCUT2D eigenvalue weighted by atomic mass is 79.9. The van der Waals surface area contributed by atoms with Gasteiger partial charge in [0.15, 0.2) is 0 Å². The van der Waals surface area contributed by atoms with E-state index < -0.39 is 0 Å². The predicted molar refractivity (Wildman–Crippen MR) is 70.5 cm³/mol. The van der Waals surface area contributed by atoms with Gasteiger partial charge < -0.3 is 10.2 Å². The molecule has 0 saturated heterocycles. The van der Waals surface area contributed by atoms with Crippen molar-refractivity contribution in [2.75, 3.05) is 25.0 Å². The summed E-state index contributed by atoms with van der Waals surface area (Å²) in [7, 11) is 2.10. The van der Waals surface area contributed by atoms with Crippen LogP contribution in [0.1, 0.15) is 19.4 Å². The van der Waals surface area contributed by atoms with Crippen LogP contribution in [0.3, 0.4) is 0 Å². The molecule has 0 heterocycles. The van der Waals surface area contributed by atoms with Crippen LogP contribution in [0.4, 0.5) is 5.69 Å². The van der Waals surface area contributed by atoms with Gasteiger partial charge in [0.05, 0.1) is 0 Å². The van der Waals surface area contributed by atoms with Crippen LogP contribution in [0, 0.1) is 0 Å². The maximum Gasteiger partial charge on any atom is 0.0375 e. The lowest BCUT2D eigenvalue weighted by Crippen LogP contribution is -2.16. The Balaban J connectivity index is 2.78. The summed E-state index contributed by atoms with van der Waals surface area (Å²) >= 11 is 3.61. The highest BCUT2D eigenvalue weighted by Crippen LogP contribution is 2.23. The van der Waals surface area contributed by atoms with Crippen LogP contribution in [-0.4, -0.2) is 20.1 Å². The third kappa shape index (κ3) is 3.50. The number of halogens is 1. The Kier molecular flexibility index (Phi) is 5.12. The molecule has 0 saturated carbocycles. The minimum atomic E-state index is 0.924. The zero-order valence-electron chi connectivity index (χ0n) is 9.68. The number of hydrogen-bond acceptors (Lipinski definition) is 2. The van der Waals surface area contributed by atoms with Crippen molar-refractivity contribution in [1.29, 1.82) is 0 Å². The highest BCUT2D eigenvalue weighted by Gasteiger charge is 2.03. The lowest BCUT2D eigenvalue weighted by atomic mass is 10.2. The van der Waals surface area contributed by atoms with Crippen molar-refractivity contribution in [3.63, 3.8) is 0 Å². The molecule has 0 bridgehead atoms. The van der Waals surface area contributed by atoms with Gasteiger partial charge in [-0.25, -0.2) is 0 Å². The molecule has 0 fully saturated rings. The molecular formula is C12H19BrN2. The van der Waals surface area contributed by atoms with E-state index in [4.69, 9.17) is 0 Å². The smallest absolute Gasteiger partial charge is 0.0375 e. The first-order valence-electron chi connectivity index (χ1n) is 5.39. The first-order valence-corrected chi connectivity index (χ1v) is 6.18. The number of hydrogen-bond donors (Lipinski definition) is 1. The van der Waals surface area contributed by atoms with E-state index in [1.54, 1.807) is 0 Å². The molecule has 0 radical (unpaired) electrons. The van der Waals surface area contributed by atoms with Crippen LogP contribution in [-0.2, 0) is 6.54 Å². The Hall–Kier alpha value is -0.540. The van der Waals surface area contributed by atoms with Gasteiger partial charge >= 0.3 is 0 Å². The normalized spacial score (nSPS) is 10.4. The van der Waals surface area contributed by atoms with Gasteiger partial charge in [-0.15, -0.1) is 0 Å². The third-order valence-corrected chi connectivity index (χ3v) is 3.26. The number of benzene rings is 1. The van der Waals surface area contributed by atoms with E-state index in [0.29, 0.717) is 0 Å². The molecule has 0 aliphatic carbocycles. The molecule has 1 N–H and O–H groups in total. The van der Waals surface area contributed by atoms with Crippen LogP contribution in [0.5, 0.6) is 0 Å². The van der Waals surface area contributed by atoms with Crippen LogP contribution in [0.2, 0.25) is 0 Å². The summed E-state index contributed by atoms with van der Waals surface area (Å²) in [5.74, 6) is 0. The van der Waals surface area contributed by atoms with E-state index in [0.717, 1.165) is 19.6 Å². The Morgan fingerprint density at radius 1 is 1.33 bits per heavy atom. The first kappa shape index (κ1) is 12.5. The van der Waals surface area contributed by atoms with Crippen molar-refractivity contribution in [2.45, 2.75) is 20.4 Å². The number of nitrogens with one attached hydrogen (secondary N) is 1. The molecule has 15 heavy (non-hydrogen) atoms. The fraction of sp³-hybridized carbons (Fsp3) is 0.500. The first-order chi connectivity index (χ1) is 7.19. The average molecular weight is 271 g/mol. The molecule has 0 atom stereocenters. The van der Waals surface area contributed by atoms with Crippen molar-refractivity contribution >= 4 is 21.6 Å². The van der Waals surface area contributed by atoms with E-state index in [1.807, 2.05) is 0 Å². The summed E-state index contributed by atoms with van der Waals surface area (Å²) < 4.78 is 1.18. The van der Waals surface area contributed by atoms with Crippen molar-refractivity contribution in [2.24, 2.45) is 0 Å². The van der Waals surface area contributed by atoms with Crippen LogP contribution in [0.15, 0.2) is 22.7 Å². The quantitative estimate of drug-likeness (QED) is 0.885. The van der Waals surface area contributed by atoms with E-state index in [-0.39, 0.29) is 0 Å². The maximum atomic E-state index is 3.61. The highest BCUT2D eigenvalue weighted by molar-refractivity contribution is 9.10. The lowest BCUT2D eigenvalue weighted by molar-refractivity contribution is 0.724. The van der Waals surface area contributed by atoms with E-state index >= 15 is 0 Å². The average Bonchev–Trinajstić information content (AvgIpc) is 2.26. The minimum absolute atomic E-state index is 0.924. The Bertz CT molecular complexity index is 312. The molecule has 2 nitrogen and oxygen atoms in total. The summed E-state index contributed by atoms with van der Waals surface area (Å²) in [5, 5.41) is 3.32. The van der Waals surface area contributed by atoms with Crippen molar-refractivity contribution in [3.8, 4) is 0 Å². The SMILES string of the molecule is CCNCc1ccc(N(C)CC)cc1Br. The van der Waals surface area contributed by atoms with Crippen LogP contribution < -0.4 is 10.2 Å². The molecule has 1 aromatic carbocycles. The standard InChI is InChI=1S/C12H19BrN2/c1-4-14-9-10-6-7-11(8-12(10)13)15(3)5-2/h6-8,14H,4-5,9H2,1-3H3. The van der Waals surface area contributed by atoms with Gasteiger partial charge in [0, 0.05) is 30.3 Å². The van der Waals surface area contributed by atoms with Gasteiger partial charge in [0.25, 0.3) is 0 Å². The number of rotatable bonds is 5. The Morgan fingerprint density at radius 3 is 2.60 bits per heavy atom. The van der Waals surface area contributed by atoms with Gasteiger partial charge in [-0.2, -0.15) is 0 Å². The molecular weight excluding hydrogens is 252 g/mol. The molecule has 1 aromatic rings. The fourth-order valence-electron chi connectivity index (χ4n) is 1.36. The van der Waals surface area contributed by atoms with Gasteiger partial charge in [-0.05, 0) is 31.2 Å². The van der Waals surface area contributed by atoms with E-state index in [2.05, 4.69) is 65.2 Å². The lowest BCUT2D eigenvalue weighted by Gasteiger charge is -2.18. The van der Waals surface area contributed by atoms with Crippen molar-refractivity contribution in [1.82, 2.24) is 5.32 Å². The van der Waals surface area contributed by atoms with Gasteiger partial charge in [-0.1, -0.05) is 28.9 Å². The monoisotopic (exact) mass is 270 g/mol. The molecule has 0 spiro atoms. The van der Waals surface area contributed by atoms with Gasteiger partial charge in [0.1, 0.15) is 0 Å². The van der Waals surface area contributed by atoms with E-state index in [1.165, 1.54) is 15.7 Å². The van der Waals surface area contributed by atoms with Crippen LogP contribution >= 0.6 is 15.9 Å². The number of nitrogens with zero attached hydrogens (tertiary/aromatic N) is 1. The minimum Gasteiger partial charge on any atom is -0.375 e. The summed E-state index contributed by atoms with van der Waals surface area (Å²) in [6, 6.07) is 6.52. The zero-order valence-corrected chi connectivity index (χ0v) is 11.3. The van der Waals surface area contributed by atoms with E-state index in [9.17, 15) is 0 Å². The number of anilines is 1. The second-order valence-electron chi connectivity index (χ2n) is 3.57. The predicted octanol–water partition coefficient (Wildman–Crippen LogP) is 3.01. The molecule has 84 valence electrons. The molecule has 0 unspecified atom stereocenters. The molecule has 0 aromatic heterocycles. The maximum absolute atomic E-state index is 3.61. The summed E-state index contributed by atoms with van der Waals surface area (Å²) in [4.78, 5) is 2.22. The topological polar surface area (TPSA) is 15.3 Å². The third-order valence-electron chi connectivity index (χ3n) is 2.52. The van der Waals surface area contributed by atoms with Crippen molar-refractivity contribution < 1.29 is 0 Å². The molecule has 0 amide bonds. The second kappa shape index (κ2) is 6.13. The molecule has 0 aliphatic rings. The second-order valence-corrected chi connectivity index (χ2v) is 4.42. The molecule has 0 aliphatic heterocycles. The zero-order chi connectivity index (χ0) is 11.3. The summed E-state index contributed by atoms with van der Waals surface area (Å²) in [6.07, 6.45) is 0. The largest absolute Gasteiger partial charge is 0.375 e. The molecule has 3 heteroatoms. The summed E-state index contributed by atoms with van der Waals surface area (Å²) in [6.45, 7) is 7.23. The van der Waals surface area contributed by atoms with Crippen LogP contribution in [0.25, 0.3) is 0 Å². The summed E-state index contributed by atoms with van der Waals surface area (Å²) in [5.41, 5.74) is 2.56. The molecule has 1 rings (SSSR count). The van der Waals surface area contributed by atoms with Gasteiger partial charge in [-0.3, -0.25) is 0 Å².